The van der Waals surface area contributed by atoms with E-state index in [1.807, 2.05) is 0 Å². The summed E-state index contributed by atoms with van der Waals surface area (Å²) in [5, 5.41) is -0.741. The fourth-order valence-corrected chi connectivity index (χ4v) is 3.29. The fraction of sp³-hybridized carbons (Fsp3) is 0.353. The first-order valence-electron chi connectivity index (χ1n) is 7.01. The van der Waals surface area contributed by atoms with E-state index < -0.39 is 57.0 Å². The Hall–Kier alpha value is -1.35. The lowest BCUT2D eigenvalue weighted by Gasteiger charge is -2.17. The molecule has 0 aliphatic heterocycles. The van der Waals surface area contributed by atoms with Gasteiger partial charge in [-0.05, 0) is 17.9 Å². The number of rotatable bonds is 4. The molecular weight excluding hydrogens is 400 g/mol. The van der Waals surface area contributed by atoms with Crippen molar-refractivity contribution in [1.29, 1.82) is 0 Å². The van der Waals surface area contributed by atoms with Gasteiger partial charge in [-0.1, -0.05) is 54.6 Å². The van der Waals surface area contributed by atoms with Crippen molar-refractivity contribution in [3.63, 3.8) is 0 Å². The highest BCUT2D eigenvalue weighted by Gasteiger charge is 2.66. The summed E-state index contributed by atoms with van der Waals surface area (Å²) in [5.74, 6) is -3.40. The minimum atomic E-state index is -1.57. The largest absolute Gasteiger partial charge is 0.460 e. The smallest absolute Gasteiger partial charge is 0.316 e. The summed E-state index contributed by atoms with van der Waals surface area (Å²) in [6, 6.07) is 0. The van der Waals surface area contributed by atoms with Crippen LogP contribution in [0.25, 0.3) is 0 Å². The Bertz CT molecular complexity index is 794. The molecule has 0 spiro atoms. The first-order chi connectivity index (χ1) is 11.5. The van der Waals surface area contributed by atoms with E-state index in [-0.39, 0.29) is 4.49 Å². The van der Waals surface area contributed by atoms with E-state index in [9.17, 15) is 18.0 Å². The van der Waals surface area contributed by atoms with E-state index in [0.29, 0.717) is 6.42 Å². The summed E-state index contributed by atoms with van der Waals surface area (Å²) in [4.78, 5) is 12.4. The van der Waals surface area contributed by atoms with Crippen molar-refractivity contribution in [2.75, 3.05) is 0 Å². The van der Waals surface area contributed by atoms with Crippen LogP contribution in [0.4, 0.5) is 13.2 Å². The van der Waals surface area contributed by atoms with E-state index in [0.717, 1.165) is 0 Å². The van der Waals surface area contributed by atoms with Gasteiger partial charge in [0.1, 0.15) is 16.7 Å². The van der Waals surface area contributed by atoms with Crippen LogP contribution < -0.4 is 0 Å². The highest BCUT2D eigenvalue weighted by atomic mass is 35.5. The van der Waals surface area contributed by atoms with Gasteiger partial charge in [0.25, 0.3) is 0 Å². The Balaban J connectivity index is 2.30. The van der Waals surface area contributed by atoms with Gasteiger partial charge in [0.15, 0.2) is 17.5 Å². The maximum absolute atomic E-state index is 14.0. The summed E-state index contributed by atoms with van der Waals surface area (Å²) in [6.07, 6.45) is 6.66. The van der Waals surface area contributed by atoms with E-state index >= 15 is 0 Å². The maximum Gasteiger partial charge on any atom is 0.316 e. The second-order valence-corrected chi connectivity index (χ2v) is 7.68. The molecular formula is C17H12Cl3F3O2. The molecule has 0 saturated heterocycles. The van der Waals surface area contributed by atoms with Crippen molar-refractivity contribution in [3.8, 4) is 12.3 Å². The van der Waals surface area contributed by atoms with Crippen molar-refractivity contribution in [3.05, 3.63) is 44.2 Å². The van der Waals surface area contributed by atoms with Gasteiger partial charge in [-0.3, -0.25) is 4.79 Å². The Morgan fingerprint density at radius 3 is 2.28 bits per heavy atom. The number of ether oxygens (including phenoxy) is 1. The zero-order chi connectivity index (χ0) is 19.2. The number of benzene rings is 1. The number of terminal acetylenes is 1. The quantitative estimate of drug-likeness (QED) is 0.371. The molecule has 2 rings (SSSR count). The van der Waals surface area contributed by atoms with Crippen molar-refractivity contribution in [1.82, 2.24) is 0 Å². The third kappa shape index (κ3) is 3.36. The van der Waals surface area contributed by atoms with E-state index in [1.165, 1.54) is 6.08 Å². The molecule has 2 nitrogen and oxygen atoms in total. The van der Waals surface area contributed by atoms with Gasteiger partial charge in [0, 0.05) is 5.56 Å². The first-order valence-corrected chi connectivity index (χ1v) is 8.14. The summed E-state index contributed by atoms with van der Waals surface area (Å²) in [7, 11) is 0. The molecule has 1 aliphatic carbocycles. The Kier molecular flexibility index (Phi) is 5.39. The summed E-state index contributed by atoms with van der Waals surface area (Å²) in [5.41, 5.74) is -3.14. The van der Waals surface area contributed by atoms with Crippen LogP contribution in [0.3, 0.4) is 0 Å². The second-order valence-electron chi connectivity index (χ2n) is 6.30. The van der Waals surface area contributed by atoms with Gasteiger partial charge in [0.2, 0.25) is 0 Å². The van der Waals surface area contributed by atoms with Gasteiger partial charge in [-0.25, -0.2) is 13.2 Å². The van der Waals surface area contributed by atoms with Crippen molar-refractivity contribution < 1.29 is 22.7 Å². The SMILES string of the molecule is C#Cc1c(F)c(F)c(COC(=O)C2(C=C(Cl)Cl)CC2(C)C)c(Cl)c1F. The number of carbonyl (C=O) groups excluding carboxylic acids is 1. The number of carbonyl (C=O) groups is 1. The average Bonchev–Trinajstić information content (AvgIpc) is 3.07. The van der Waals surface area contributed by atoms with Crippen LogP contribution in [0.2, 0.25) is 5.02 Å². The molecule has 1 aromatic rings. The van der Waals surface area contributed by atoms with Crippen LogP contribution in [0.5, 0.6) is 0 Å². The van der Waals surface area contributed by atoms with E-state index in [4.69, 9.17) is 46.0 Å². The Labute approximate surface area is 157 Å². The van der Waals surface area contributed by atoms with Gasteiger partial charge in [0.05, 0.1) is 10.4 Å². The van der Waals surface area contributed by atoms with Crippen molar-refractivity contribution in [2.45, 2.75) is 26.9 Å². The predicted octanol–water partition coefficient (Wildman–Crippen LogP) is 5.52. The van der Waals surface area contributed by atoms with Crippen LogP contribution >= 0.6 is 34.8 Å². The Morgan fingerprint density at radius 2 is 1.84 bits per heavy atom. The van der Waals surface area contributed by atoms with Crippen LogP contribution in [-0.2, 0) is 16.1 Å². The lowest BCUT2D eigenvalue weighted by atomic mass is 9.96. The molecule has 1 saturated carbocycles. The molecule has 1 fully saturated rings. The molecule has 0 heterocycles. The molecule has 1 unspecified atom stereocenters. The number of esters is 1. The summed E-state index contributed by atoms with van der Waals surface area (Å²) >= 11 is 17.0. The molecule has 1 aromatic carbocycles. The molecule has 0 bridgehead atoms. The Morgan fingerprint density at radius 1 is 1.28 bits per heavy atom. The summed E-state index contributed by atoms with van der Waals surface area (Å²) < 4.78 is 46.6. The monoisotopic (exact) mass is 410 g/mol. The first kappa shape index (κ1) is 20.0. The highest BCUT2D eigenvalue weighted by molar-refractivity contribution is 6.56. The van der Waals surface area contributed by atoms with Gasteiger partial charge in [-0.2, -0.15) is 0 Å². The van der Waals surface area contributed by atoms with E-state index in [1.54, 1.807) is 19.8 Å². The van der Waals surface area contributed by atoms with Crippen molar-refractivity contribution >= 4 is 40.8 Å². The molecule has 25 heavy (non-hydrogen) atoms. The zero-order valence-electron chi connectivity index (χ0n) is 13.2. The molecule has 0 amide bonds. The third-order valence-corrected chi connectivity index (χ3v) is 4.98. The van der Waals surface area contributed by atoms with E-state index in [2.05, 4.69) is 0 Å². The lowest BCUT2D eigenvalue weighted by molar-refractivity contribution is -0.150. The fourth-order valence-electron chi connectivity index (χ4n) is 2.69. The number of hydrogen-bond donors (Lipinski definition) is 0. The molecule has 0 aromatic heterocycles. The van der Waals surface area contributed by atoms with Crippen LogP contribution in [-0.4, -0.2) is 5.97 Å². The summed E-state index contributed by atoms with van der Waals surface area (Å²) in [6.45, 7) is 2.81. The average molecular weight is 412 g/mol. The van der Waals surface area contributed by atoms with Crippen LogP contribution in [0.15, 0.2) is 10.6 Å². The van der Waals surface area contributed by atoms with Gasteiger partial charge in [-0.15, -0.1) is 6.42 Å². The number of halogens is 6. The standard InChI is InChI=1S/C17H12Cl3F3O2/c1-4-8-12(21)11(20)9(14(23)13(8)22)6-25-15(24)17(5-10(18)19)7-16(17,2)3/h1,5H,6-7H2,2-3H3. The molecule has 134 valence electrons. The maximum atomic E-state index is 14.0. The van der Waals surface area contributed by atoms with Crippen molar-refractivity contribution in [2.24, 2.45) is 10.8 Å². The third-order valence-electron chi connectivity index (χ3n) is 4.37. The minimum absolute atomic E-state index is 0.123. The van der Waals surface area contributed by atoms with Crippen LogP contribution in [0.1, 0.15) is 31.4 Å². The van der Waals surface area contributed by atoms with Gasteiger partial charge < -0.3 is 4.74 Å². The molecule has 0 N–H and O–H groups in total. The van der Waals surface area contributed by atoms with Crippen LogP contribution in [0, 0.1) is 40.6 Å². The second kappa shape index (κ2) is 6.75. The molecule has 0 radical (unpaired) electrons. The predicted molar refractivity (Wildman–Crippen MR) is 89.7 cm³/mol. The molecule has 1 atom stereocenters. The minimum Gasteiger partial charge on any atom is -0.460 e. The normalized spacial score (nSPS) is 20.6. The topological polar surface area (TPSA) is 26.3 Å². The molecule has 8 heteroatoms. The molecule has 1 aliphatic rings. The number of hydrogen-bond acceptors (Lipinski definition) is 2. The highest BCUT2D eigenvalue weighted by Crippen LogP contribution is 2.65. The van der Waals surface area contributed by atoms with Gasteiger partial charge >= 0.3 is 5.97 Å². The lowest BCUT2D eigenvalue weighted by Crippen LogP contribution is -2.22. The zero-order valence-corrected chi connectivity index (χ0v) is 15.4.